The Morgan fingerprint density at radius 1 is 1.25 bits per heavy atom. The van der Waals surface area contributed by atoms with Gasteiger partial charge in [-0.3, -0.25) is 0 Å². The first kappa shape index (κ1) is 14.2. The van der Waals surface area contributed by atoms with Gasteiger partial charge in [0, 0.05) is 25.0 Å². The molecule has 0 saturated carbocycles. The molecule has 4 nitrogen and oxygen atoms in total. The minimum atomic E-state index is -3.34. The Balaban J connectivity index is 2.62. The molecule has 0 aromatic heterocycles. The molecule has 6 heteroatoms. The summed E-state index contributed by atoms with van der Waals surface area (Å²) >= 11 is 5.76. The predicted molar refractivity (Wildman–Crippen MR) is 66.8 cm³/mol. The Kier molecular flexibility index (Phi) is 5.50. The lowest BCUT2D eigenvalue weighted by molar-refractivity contribution is 0.335. The summed E-state index contributed by atoms with van der Waals surface area (Å²) in [4.78, 5) is 0. The number of hydrogen-bond donors (Lipinski definition) is 1. The van der Waals surface area contributed by atoms with Crippen LogP contribution in [0.4, 0.5) is 0 Å². The first-order valence-electron chi connectivity index (χ1n) is 5.80. The fourth-order valence-electron chi connectivity index (χ4n) is 1.72. The van der Waals surface area contributed by atoms with E-state index in [1.165, 1.54) is 4.31 Å². The molecule has 0 aliphatic carbocycles. The van der Waals surface area contributed by atoms with Crippen LogP contribution in [0.15, 0.2) is 0 Å². The van der Waals surface area contributed by atoms with Gasteiger partial charge in [0.1, 0.15) is 0 Å². The first-order chi connectivity index (χ1) is 7.47. The van der Waals surface area contributed by atoms with Crippen LogP contribution in [-0.2, 0) is 10.2 Å². The molecule has 1 saturated heterocycles. The van der Waals surface area contributed by atoms with E-state index in [1.807, 2.05) is 13.8 Å². The minimum Gasteiger partial charge on any atom is -0.198 e. The highest BCUT2D eigenvalue weighted by Crippen LogP contribution is 2.14. The third-order valence-electron chi connectivity index (χ3n) is 2.93. The quantitative estimate of drug-likeness (QED) is 0.770. The SMILES string of the molecule is CC(C)C(CCl)NS(=O)(=O)N1CCCCC1. The van der Waals surface area contributed by atoms with Gasteiger partial charge in [0.2, 0.25) is 0 Å². The van der Waals surface area contributed by atoms with E-state index in [1.54, 1.807) is 0 Å². The van der Waals surface area contributed by atoms with Gasteiger partial charge in [-0.15, -0.1) is 11.6 Å². The van der Waals surface area contributed by atoms with Gasteiger partial charge in [0.25, 0.3) is 10.2 Å². The minimum absolute atomic E-state index is 0.186. The maximum Gasteiger partial charge on any atom is 0.279 e. The maximum atomic E-state index is 12.0. The highest BCUT2D eigenvalue weighted by molar-refractivity contribution is 7.87. The van der Waals surface area contributed by atoms with Crippen LogP contribution in [0.25, 0.3) is 0 Å². The number of rotatable bonds is 5. The summed E-state index contributed by atoms with van der Waals surface area (Å²) in [5.41, 5.74) is 0. The van der Waals surface area contributed by atoms with Crippen molar-refractivity contribution in [3.05, 3.63) is 0 Å². The molecule has 0 aromatic carbocycles. The highest BCUT2D eigenvalue weighted by atomic mass is 35.5. The maximum absolute atomic E-state index is 12.0. The van der Waals surface area contributed by atoms with Crippen LogP contribution < -0.4 is 4.72 Å². The fraction of sp³-hybridized carbons (Fsp3) is 1.00. The van der Waals surface area contributed by atoms with Crippen LogP contribution in [0.5, 0.6) is 0 Å². The summed E-state index contributed by atoms with van der Waals surface area (Å²) in [6.07, 6.45) is 3.03. The zero-order valence-corrected chi connectivity index (χ0v) is 11.5. The molecule has 1 aliphatic heterocycles. The van der Waals surface area contributed by atoms with Crippen molar-refractivity contribution >= 4 is 21.8 Å². The molecule has 1 atom stereocenters. The highest BCUT2D eigenvalue weighted by Gasteiger charge is 2.27. The lowest BCUT2D eigenvalue weighted by Crippen LogP contribution is -2.49. The van der Waals surface area contributed by atoms with Gasteiger partial charge in [-0.2, -0.15) is 17.4 Å². The number of nitrogens with zero attached hydrogens (tertiary/aromatic N) is 1. The van der Waals surface area contributed by atoms with Crippen molar-refractivity contribution in [2.24, 2.45) is 5.92 Å². The third-order valence-corrected chi connectivity index (χ3v) is 4.90. The van der Waals surface area contributed by atoms with Crippen molar-refractivity contribution in [2.45, 2.75) is 39.2 Å². The van der Waals surface area contributed by atoms with E-state index in [0.717, 1.165) is 19.3 Å². The second-order valence-electron chi connectivity index (χ2n) is 4.59. The van der Waals surface area contributed by atoms with Crippen LogP contribution in [-0.4, -0.2) is 37.7 Å². The molecule has 1 heterocycles. The summed E-state index contributed by atoms with van der Waals surface area (Å²) in [5.74, 6) is 0.516. The van der Waals surface area contributed by atoms with E-state index in [2.05, 4.69) is 4.72 Å². The summed E-state index contributed by atoms with van der Waals surface area (Å²) in [5, 5.41) is 0. The molecule has 1 N–H and O–H groups in total. The van der Waals surface area contributed by atoms with E-state index < -0.39 is 10.2 Å². The molecule has 0 spiro atoms. The average molecular weight is 269 g/mol. The summed E-state index contributed by atoms with van der Waals surface area (Å²) in [6, 6.07) is -0.186. The fourth-order valence-corrected chi connectivity index (χ4v) is 3.87. The summed E-state index contributed by atoms with van der Waals surface area (Å²) in [6.45, 7) is 5.18. The smallest absolute Gasteiger partial charge is 0.198 e. The van der Waals surface area contributed by atoms with Crippen molar-refractivity contribution in [2.75, 3.05) is 19.0 Å². The Labute approximate surface area is 104 Å². The van der Waals surface area contributed by atoms with Gasteiger partial charge in [-0.05, 0) is 18.8 Å². The molecular formula is C10H21ClN2O2S. The van der Waals surface area contributed by atoms with Crippen molar-refractivity contribution in [3.63, 3.8) is 0 Å². The number of halogens is 1. The average Bonchev–Trinajstić information content (AvgIpc) is 2.27. The summed E-state index contributed by atoms with van der Waals surface area (Å²) in [7, 11) is -3.34. The van der Waals surface area contributed by atoms with Gasteiger partial charge in [0.15, 0.2) is 0 Å². The predicted octanol–water partition coefficient (Wildman–Crippen LogP) is 1.57. The Morgan fingerprint density at radius 2 is 1.81 bits per heavy atom. The van der Waals surface area contributed by atoms with Gasteiger partial charge in [-0.1, -0.05) is 20.3 Å². The van der Waals surface area contributed by atoms with E-state index in [9.17, 15) is 8.42 Å². The van der Waals surface area contributed by atoms with Crippen LogP contribution in [0.3, 0.4) is 0 Å². The van der Waals surface area contributed by atoms with E-state index >= 15 is 0 Å². The van der Waals surface area contributed by atoms with E-state index in [-0.39, 0.29) is 12.0 Å². The van der Waals surface area contributed by atoms with Gasteiger partial charge in [-0.25, -0.2) is 0 Å². The number of nitrogens with one attached hydrogen (secondary N) is 1. The zero-order valence-electron chi connectivity index (χ0n) is 9.95. The number of hydrogen-bond acceptors (Lipinski definition) is 2. The van der Waals surface area contributed by atoms with E-state index in [4.69, 9.17) is 11.6 Å². The lowest BCUT2D eigenvalue weighted by atomic mass is 10.1. The van der Waals surface area contributed by atoms with Gasteiger partial charge >= 0.3 is 0 Å². The molecule has 0 aromatic rings. The normalized spacial score (nSPS) is 21.2. The molecule has 16 heavy (non-hydrogen) atoms. The van der Waals surface area contributed by atoms with Crippen molar-refractivity contribution < 1.29 is 8.42 Å². The first-order valence-corrected chi connectivity index (χ1v) is 7.78. The number of piperidine rings is 1. The largest absolute Gasteiger partial charge is 0.279 e. The van der Waals surface area contributed by atoms with Gasteiger partial charge in [0.05, 0.1) is 0 Å². The Bertz CT molecular complexity index is 300. The Hall–Kier alpha value is 0.160. The second-order valence-corrected chi connectivity index (χ2v) is 6.60. The van der Waals surface area contributed by atoms with Crippen molar-refractivity contribution in [1.29, 1.82) is 0 Å². The zero-order chi connectivity index (χ0) is 12.2. The molecule has 1 aliphatic rings. The molecule has 1 unspecified atom stereocenters. The monoisotopic (exact) mass is 268 g/mol. The molecule has 96 valence electrons. The number of alkyl halides is 1. The molecule has 1 fully saturated rings. The molecule has 1 rings (SSSR count). The van der Waals surface area contributed by atoms with Crippen molar-refractivity contribution in [1.82, 2.24) is 9.03 Å². The van der Waals surface area contributed by atoms with Crippen LogP contribution in [0.2, 0.25) is 0 Å². The lowest BCUT2D eigenvalue weighted by Gasteiger charge is -2.29. The molecular weight excluding hydrogens is 248 g/mol. The molecule has 0 amide bonds. The summed E-state index contributed by atoms with van der Waals surface area (Å²) < 4.78 is 28.2. The van der Waals surface area contributed by atoms with Crippen LogP contribution in [0.1, 0.15) is 33.1 Å². The molecule has 0 radical (unpaired) electrons. The topological polar surface area (TPSA) is 49.4 Å². The van der Waals surface area contributed by atoms with Crippen LogP contribution in [0, 0.1) is 5.92 Å². The van der Waals surface area contributed by atoms with Crippen LogP contribution >= 0.6 is 11.6 Å². The standard InChI is InChI=1S/C10H21ClN2O2S/c1-9(2)10(8-11)12-16(14,15)13-6-4-3-5-7-13/h9-10,12H,3-8H2,1-2H3. The second kappa shape index (κ2) is 6.19. The Morgan fingerprint density at radius 3 is 2.25 bits per heavy atom. The third kappa shape index (κ3) is 3.87. The molecule has 0 bridgehead atoms. The van der Waals surface area contributed by atoms with Gasteiger partial charge < -0.3 is 0 Å². The van der Waals surface area contributed by atoms with E-state index in [0.29, 0.717) is 19.0 Å². The van der Waals surface area contributed by atoms with Crippen molar-refractivity contribution in [3.8, 4) is 0 Å².